The molecule has 3 heteroatoms. The van der Waals surface area contributed by atoms with Crippen LogP contribution in [0.2, 0.25) is 0 Å². The van der Waals surface area contributed by atoms with Crippen LogP contribution >= 0.6 is 0 Å². The summed E-state index contributed by atoms with van der Waals surface area (Å²) in [5, 5.41) is 8.54. The molecule has 0 aliphatic carbocycles. The molecule has 1 saturated heterocycles. The molecule has 2 aromatic carbocycles. The lowest BCUT2D eigenvalue weighted by molar-refractivity contribution is 0.324. The Kier molecular flexibility index (Phi) is 3.77. The molecule has 120 valence electrons. The van der Waals surface area contributed by atoms with Crippen molar-refractivity contribution >= 4 is 5.82 Å². The van der Waals surface area contributed by atoms with E-state index in [1.807, 2.05) is 13.0 Å². The zero-order valence-corrected chi connectivity index (χ0v) is 13.9. The van der Waals surface area contributed by atoms with Gasteiger partial charge in [-0.1, -0.05) is 60.7 Å². The third-order valence-electron chi connectivity index (χ3n) is 4.87. The van der Waals surface area contributed by atoms with Crippen molar-refractivity contribution in [3.05, 3.63) is 89.6 Å². The molecule has 1 fully saturated rings. The highest BCUT2D eigenvalue weighted by Gasteiger charge is 2.44. The van der Waals surface area contributed by atoms with Crippen LogP contribution in [-0.4, -0.2) is 23.3 Å². The van der Waals surface area contributed by atoms with Crippen LogP contribution in [0, 0.1) is 6.92 Å². The van der Waals surface area contributed by atoms with Gasteiger partial charge in [0.15, 0.2) is 5.82 Å². The van der Waals surface area contributed by atoms with E-state index in [1.54, 1.807) is 0 Å². The average Bonchev–Trinajstić information content (AvgIpc) is 2.60. The van der Waals surface area contributed by atoms with Crippen molar-refractivity contribution in [2.75, 3.05) is 18.0 Å². The fourth-order valence-corrected chi connectivity index (χ4v) is 3.58. The molecular formula is C21H21N3. The molecule has 0 atom stereocenters. The van der Waals surface area contributed by atoms with Gasteiger partial charge in [-0.25, -0.2) is 0 Å². The molecule has 2 heterocycles. The van der Waals surface area contributed by atoms with Crippen LogP contribution in [0.1, 0.15) is 16.8 Å². The maximum atomic E-state index is 4.34. The van der Waals surface area contributed by atoms with Crippen LogP contribution in [0.4, 0.5) is 5.82 Å². The number of rotatable bonds is 4. The van der Waals surface area contributed by atoms with Gasteiger partial charge in [0.05, 0.1) is 5.69 Å². The standard InChI is InChI=1S/C21H21N3/c1-17-12-13-20(23-22-17)24-15-21(16-24,19-10-6-3-7-11-19)14-18-8-4-2-5-9-18/h2-13H,14-16H2,1H3. The number of aryl methyl sites for hydroxylation is 1. The highest BCUT2D eigenvalue weighted by atomic mass is 15.3. The predicted octanol–water partition coefficient (Wildman–Crippen LogP) is 3.79. The zero-order valence-electron chi connectivity index (χ0n) is 13.9. The second kappa shape index (κ2) is 6.08. The first kappa shape index (κ1) is 14.9. The number of hydrogen-bond donors (Lipinski definition) is 0. The monoisotopic (exact) mass is 315 g/mol. The number of anilines is 1. The molecule has 0 bridgehead atoms. The summed E-state index contributed by atoms with van der Waals surface area (Å²) in [4.78, 5) is 2.32. The number of hydrogen-bond acceptors (Lipinski definition) is 3. The summed E-state index contributed by atoms with van der Waals surface area (Å²) in [6.45, 7) is 3.92. The van der Waals surface area contributed by atoms with E-state index in [2.05, 4.69) is 81.8 Å². The Balaban J connectivity index is 1.61. The summed E-state index contributed by atoms with van der Waals surface area (Å²) in [5.74, 6) is 0.972. The normalized spacial score (nSPS) is 15.8. The maximum absolute atomic E-state index is 4.34. The third-order valence-corrected chi connectivity index (χ3v) is 4.87. The molecular weight excluding hydrogens is 294 g/mol. The fourth-order valence-electron chi connectivity index (χ4n) is 3.58. The minimum atomic E-state index is 0.148. The van der Waals surface area contributed by atoms with Gasteiger partial charge < -0.3 is 4.90 Å². The topological polar surface area (TPSA) is 29.0 Å². The van der Waals surface area contributed by atoms with Crippen LogP contribution in [-0.2, 0) is 11.8 Å². The maximum Gasteiger partial charge on any atom is 0.151 e. The van der Waals surface area contributed by atoms with Crippen LogP contribution in [0.15, 0.2) is 72.8 Å². The van der Waals surface area contributed by atoms with Crippen LogP contribution in [0.25, 0.3) is 0 Å². The molecule has 0 radical (unpaired) electrons. The molecule has 1 aromatic heterocycles. The smallest absolute Gasteiger partial charge is 0.151 e. The SMILES string of the molecule is Cc1ccc(N2CC(Cc3ccccc3)(c3ccccc3)C2)nn1. The van der Waals surface area contributed by atoms with E-state index in [0.29, 0.717) is 0 Å². The predicted molar refractivity (Wildman–Crippen MR) is 97.2 cm³/mol. The third kappa shape index (κ3) is 2.78. The highest BCUT2D eigenvalue weighted by Crippen LogP contribution is 2.39. The fraction of sp³-hybridized carbons (Fsp3) is 0.238. The lowest BCUT2D eigenvalue weighted by atomic mass is 9.69. The Bertz CT molecular complexity index is 792. The Labute approximate surface area is 143 Å². The van der Waals surface area contributed by atoms with E-state index in [-0.39, 0.29) is 5.41 Å². The highest BCUT2D eigenvalue weighted by molar-refractivity contribution is 5.49. The van der Waals surface area contributed by atoms with E-state index in [0.717, 1.165) is 31.0 Å². The average molecular weight is 315 g/mol. The van der Waals surface area contributed by atoms with E-state index < -0.39 is 0 Å². The van der Waals surface area contributed by atoms with Crippen LogP contribution in [0.5, 0.6) is 0 Å². The largest absolute Gasteiger partial charge is 0.353 e. The van der Waals surface area contributed by atoms with Crippen LogP contribution in [0.3, 0.4) is 0 Å². The molecule has 0 spiro atoms. The summed E-state index contributed by atoms with van der Waals surface area (Å²) in [7, 11) is 0. The molecule has 24 heavy (non-hydrogen) atoms. The molecule has 4 rings (SSSR count). The van der Waals surface area contributed by atoms with Gasteiger partial charge in [-0.3, -0.25) is 0 Å². The molecule has 0 saturated carbocycles. The van der Waals surface area contributed by atoms with Gasteiger partial charge in [-0.05, 0) is 36.6 Å². The van der Waals surface area contributed by atoms with E-state index >= 15 is 0 Å². The molecule has 1 aliphatic rings. The number of benzene rings is 2. The van der Waals surface area contributed by atoms with Crippen molar-refractivity contribution in [2.24, 2.45) is 0 Å². The first-order valence-corrected chi connectivity index (χ1v) is 8.40. The molecule has 0 amide bonds. The first-order valence-electron chi connectivity index (χ1n) is 8.40. The van der Waals surface area contributed by atoms with Crippen molar-refractivity contribution < 1.29 is 0 Å². The zero-order chi connectivity index (χ0) is 16.4. The molecule has 0 N–H and O–H groups in total. The Hall–Kier alpha value is -2.68. The van der Waals surface area contributed by atoms with Crippen molar-refractivity contribution in [1.82, 2.24) is 10.2 Å². The summed E-state index contributed by atoms with van der Waals surface area (Å²) in [6.07, 6.45) is 1.05. The van der Waals surface area contributed by atoms with Crippen molar-refractivity contribution in [1.29, 1.82) is 0 Å². The molecule has 0 unspecified atom stereocenters. The van der Waals surface area contributed by atoms with Gasteiger partial charge in [0, 0.05) is 18.5 Å². The Morgan fingerprint density at radius 1 is 0.833 bits per heavy atom. The van der Waals surface area contributed by atoms with Crippen molar-refractivity contribution in [3.8, 4) is 0 Å². The van der Waals surface area contributed by atoms with Gasteiger partial charge in [0.1, 0.15) is 0 Å². The summed E-state index contributed by atoms with van der Waals surface area (Å²) < 4.78 is 0. The number of aromatic nitrogens is 2. The Morgan fingerprint density at radius 3 is 2.12 bits per heavy atom. The van der Waals surface area contributed by atoms with E-state index in [4.69, 9.17) is 0 Å². The van der Waals surface area contributed by atoms with Gasteiger partial charge in [0.2, 0.25) is 0 Å². The molecule has 3 aromatic rings. The molecule has 1 aliphatic heterocycles. The van der Waals surface area contributed by atoms with Gasteiger partial charge in [-0.2, -0.15) is 5.10 Å². The lowest BCUT2D eigenvalue weighted by Crippen LogP contribution is -2.61. The quantitative estimate of drug-likeness (QED) is 0.733. The molecule has 3 nitrogen and oxygen atoms in total. The summed E-state index contributed by atoms with van der Waals surface area (Å²) in [5.41, 5.74) is 3.90. The first-order chi connectivity index (χ1) is 11.8. The van der Waals surface area contributed by atoms with Gasteiger partial charge >= 0.3 is 0 Å². The Morgan fingerprint density at radius 2 is 1.50 bits per heavy atom. The van der Waals surface area contributed by atoms with Crippen molar-refractivity contribution in [2.45, 2.75) is 18.8 Å². The minimum absolute atomic E-state index is 0.148. The van der Waals surface area contributed by atoms with E-state index in [1.165, 1.54) is 11.1 Å². The second-order valence-electron chi connectivity index (χ2n) is 6.70. The summed E-state index contributed by atoms with van der Waals surface area (Å²) in [6, 6.07) is 25.7. The minimum Gasteiger partial charge on any atom is -0.353 e. The van der Waals surface area contributed by atoms with Crippen LogP contribution < -0.4 is 4.90 Å². The summed E-state index contributed by atoms with van der Waals surface area (Å²) >= 11 is 0. The lowest BCUT2D eigenvalue weighted by Gasteiger charge is -2.51. The van der Waals surface area contributed by atoms with Gasteiger partial charge in [-0.15, -0.1) is 5.10 Å². The second-order valence-corrected chi connectivity index (χ2v) is 6.70. The van der Waals surface area contributed by atoms with Crippen molar-refractivity contribution in [3.63, 3.8) is 0 Å². The van der Waals surface area contributed by atoms with Gasteiger partial charge in [0.25, 0.3) is 0 Å². The van der Waals surface area contributed by atoms with E-state index in [9.17, 15) is 0 Å². The number of nitrogens with zero attached hydrogens (tertiary/aromatic N) is 3.